The third kappa shape index (κ3) is 5.52. The molecule has 140 valence electrons. The molecule has 3 rings (SSSR count). The first-order valence-corrected chi connectivity index (χ1v) is 9.39. The number of benzene rings is 2. The molecule has 0 saturated heterocycles. The number of carbonyl (C=O) groups excluding carboxylic acids is 1. The molecular weight excluding hydrogens is 367 g/mol. The van der Waals surface area contributed by atoms with Gasteiger partial charge in [-0.25, -0.2) is 9.18 Å². The van der Waals surface area contributed by atoms with Crippen molar-refractivity contribution in [1.82, 2.24) is 25.5 Å². The SMILES string of the molecule is Cc1nnnn1-c1cccc(NC(=O)NCCCSc2ccc(F)cc2)c1. The molecule has 0 saturated carbocycles. The Balaban J connectivity index is 1.42. The maximum absolute atomic E-state index is 12.8. The Bertz CT molecular complexity index is 899. The fraction of sp³-hybridized carbons (Fsp3) is 0.222. The molecule has 3 aromatic rings. The molecule has 0 aliphatic carbocycles. The lowest BCUT2D eigenvalue weighted by Crippen LogP contribution is -2.29. The van der Waals surface area contributed by atoms with E-state index in [1.54, 1.807) is 47.6 Å². The number of nitrogens with one attached hydrogen (secondary N) is 2. The number of urea groups is 1. The summed E-state index contributed by atoms with van der Waals surface area (Å²) >= 11 is 1.63. The summed E-state index contributed by atoms with van der Waals surface area (Å²) in [5.74, 6) is 1.26. The molecule has 7 nitrogen and oxygen atoms in total. The van der Waals surface area contributed by atoms with Gasteiger partial charge in [0.25, 0.3) is 0 Å². The number of anilines is 1. The number of thioether (sulfide) groups is 1. The quantitative estimate of drug-likeness (QED) is 0.480. The van der Waals surface area contributed by atoms with Gasteiger partial charge in [-0.05, 0) is 72.0 Å². The molecule has 0 aliphatic heterocycles. The number of hydrogen-bond donors (Lipinski definition) is 2. The average molecular weight is 386 g/mol. The van der Waals surface area contributed by atoms with E-state index in [4.69, 9.17) is 0 Å². The zero-order valence-electron chi connectivity index (χ0n) is 14.7. The van der Waals surface area contributed by atoms with Gasteiger partial charge < -0.3 is 10.6 Å². The van der Waals surface area contributed by atoms with Crippen LogP contribution in [0.1, 0.15) is 12.2 Å². The Morgan fingerprint density at radius 1 is 1.22 bits per heavy atom. The van der Waals surface area contributed by atoms with Crippen molar-refractivity contribution in [1.29, 1.82) is 0 Å². The Kier molecular flexibility index (Phi) is 6.37. The third-order valence-corrected chi connectivity index (χ3v) is 4.76. The summed E-state index contributed by atoms with van der Waals surface area (Å²) in [6, 6.07) is 13.4. The fourth-order valence-corrected chi connectivity index (χ4v) is 3.21. The molecular formula is C18H19FN6OS. The Morgan fingerprint density at radius 2 is 2.04 bits per heavy atom. The van der Waals surface area contributed by atoms with Crippen LogP contribution < -0.4 is 10.6 Å². The molecule has 1 heterocycles. The summed E-state index contributed by atoms with van der Waals surface area (Å²) in [4.78, 5) is 13.0. The first-order chi connectivity index (χ1) is 13.1. The second-order valence-electron chi connectivity index (χ2n) is 5.73. The van der Waals surface area contributed by atoms with E-state index in [0.717, 1.165) is 22.8 Å². The van der Waals surface area contributed by atoms with E-state index in [0.29, 0.717) is 18.1 Å². The van der Waals surface area contributed by atoms with Gasteiger partial charge >= 0.3 is 6.03 Å². The number of aromatic nitrogens is 4. The maximum Gasteiger partial charge on any atom is 0.319 e. The van der Waals surface area contributed by atoms with Crippen LogP contribution in [0.4, 0.5) is 14.9 Å². The number of nitrogens with zero attached hydrogens (tertiary/aromatic N) is 4. The molecule has 0 fully saturated rings. The minimum absolute atomic E-state index is 0.239. The lowest BCUT2D eigenvalue weighted by Gasteiger charge is -2.09. The van der Waals surface area contributed by atoms with Crippen LogP contribution in [0.2, 0.25) is 0 Å². The van der Waals surface area contributed by atoms with Gasteiger partial charge in [-0.3, -0.25) is 0 Å². The minimum atomic E-state index is -0.271. The van der Waals surface area contributed by atoms with Gasteiger partial charge in [0.15, 0.2) is 5.82 Å². The van der Waals surface area contributed by atoms with Crippen LogP contribution in [0.15, 0.2) is 53.4 Å². The lowest BCUT2D eigenvalue weighted by atomic mass is 10.3. The Morgan fingerprint density at radius 3 is 2.78 bits per heavy atom. The van der Waals surface area contributed by atoms with Gasteiger partial charge in [0.05, 0.1) is 5.69 Å². The molecule has 27 heavy (non-hydrogen) atoms. The van der Waals surface area contributed by atoms with Gasteiger partial charge in [0.1, 0.15) is 5.82 Å². The molecule has 2 amide bonds. The normalized spacial score (nSPS) is 10.6. The van der Waals surface area contributed by atoms with Gasteiger partial charge in [-0.2, -0.15) is 4.68 Å². The number of aryl methyl sites for hydroxylation is 1. The standard InChI is InChI=1S/C18H19FN6OS/c1-13-22-23-24-25(13)16-5-2-4-15(12-16)21-18(26)20-10-3-11-27-17-8-6-14(19)7-9-17/h2,4-9,12H,3,10-11H2,1H3,(H2,20,21,26). The zero-order valence-corrected chi connectivity index (χ0v) is 15.5. The van der Waals surface area contributed by atoms with Crippen molar-refractivity contribution < 1.29 is 9.18 Å². The molecule has 2 N–H and O–H groups in total. The van der Waals surface area contributed by atoms with E-state index in [-0.39, 0.29) is 11.8 Å². The number of halogens is 1. The van der Waals surface area contributed by atoms with Crippen molar-refractivity contribution in [3.63, 3.8) is 0 Å². The van der Waals surface area contributed by atoms with E-state index in [9.17, 15) is 9.18 Å². The minimum Gasteiger partial charge on any atom is -0.338 e. The van der Waals surface area contributed by atoms with Gasteiger partial charge in [0.2, 0.25) is 0 Å². The average Bonchev–Trinajstić information content (AvgIpc) is 3.09. The first-order valence-electron chi connectivity index (χ1n) is 8.40. The van der Waals surface area contributed by atoms with Crippen molar-refractivity contribution in [2.45, 2.75) is 18.2 Å². The van der Waals surface area contributed by atoms with Crippen LogP contribution in [0.25, 0.3) is 5.69 Å². The molecule has 0 aliphatic rings. The van der Waals surface area contributed by atoms with Crippen molar-refractivity contribution in [2.24, 2.45) is 0 Å². The van der Waals surface area contributed by atoms with E-state index in [1.807, 2.05) is 12.1 Å². The monoisotopic (exact) mass is 386 g/mol. The molecule has 1 aromatic heterocycles. The van der Waals surface area contributed by atoms with E-state index < -0.39 is 0 Å². The molecule has 2 aromatic carbocycles. The molecule has 0 bridgehead atoms. The largest absolute Gasteiger partial charge is 0.338 e. The lowest BCUT2D eigenvalue weighted by molar-refractivity contribution is 0.252. The highest BCUT2D eigenvalue weighted by molar-refractivity contribution is 7.99. The smallest absolute Gasteiger partial charge is 0.319 e. The van der Waals surface area contributed by atoms with E-state index in [1.165, 1.54) is 12.1 Å². The predicted molar refractivity (Wildman–Crippen MR) is 103 cm³/mol. The van der Waals surface area contributed by atoms with Crippen LogP contribution in [0, 0.1) is 12.7 Å². The first kappa shape index (κ1) is 18.8. The van der Waals surface area contributed by atoms with Crippen LogP contribution in [0.3, 0.4) is 0 Å². The Labute approximate surface area is 160 Å². The molecule has 0 radical (unpaired) electrons. The summed E-state index contributed by atoms with van der Waals surface area (Å²) in [7, 11) is 0. The second kappa shape index (κ2) is 9.13. The van der Waals surface area contributed by atoms with Gasteiger partial charge in [-0.1, -0.05) is 6.07 Å². The third-order valence-electron chi connectivity index (χ3n) is 3.66. The van der Waals surface area contributed by atoms with Crippen LogP contribution >= 0.6 is 11.8 Å². The maximum atomic E-state index is 12.8. The summed E-state index contributed by atoms with van der Waals surface area (Å²) < 4.78 is 14.4. The van der Waals surface area contributed by atoms with E-state index in [2.05, 4.69) is 26.2 Å². The highest BCUT2D eigenvalue weighted by Crippen LogP contribution is 2.18. The van der Waals surface area contributed by atoms with Crippen LogP contribution in [-0.4, -0.2) is 38.5 Å². The molecule has 9 heteroatoms. The fourth-order valence-electron chi connectivity index (χ4n) is 2.36. The van der Waals surface area contributed by atoms with Crippen LogP contribution in [-0.2, 0) is 0 Å². The topological polar surface area (TPSA) is 84.7 Å². The molecule has 0 spiro atoms. The number of amides is 2. The zero-order chi connectivity index (χ0) is 19.1. The number of carbonyl (C=O) groups is 1. The summed E-state index contributed by atoms with van der Waals surface area (Å²) in [5.41, 5.74) is 1.42. The number of rotatable bonds is 7. The predicted octanol–water partition coefficient (Wildman–Crippen LogP) is 3.41. The van der Waals surface area contributed by atoms with Gasteiger partial charge in [-0.15, -0.1) is 16.9 Å². The molecule has 0 unspecified atom stereocenters. The van der Waals surface area contributed by atoms with Crippen molar-refractivity contribution >= 4 is 23.5 Å². The van der Waals surface area contributed by atoms with Crippen molar-refractivity contribution in [3.8, 4) is 5.69 Å². The number of tetrazole rings is 1. The summed E-state index contributed by atoms with van der Waals surface area (Å²) in [5, 5.41) is 17.0. The van der Waals surface area contributed by atoms with Crippen molar-refractivity contribution in [2.75, 3.05) is 17.6 Å². The summed E-state index contributed by atoms with van der Waals surface area (Å²) in [6.45, 7) is 2.35. The van der Waals surface area contributed by atoms with Crippen LogP contribution in [0.5, 0.6) is 0 Å². The summed E-state index contributed by atoms with van der Waals surface area (Å²) in [6.07, 6.45) is 0.805. The second-order valence-corrected chi connectivity index (χ2v) is 6.89. The van der Waals surface area contributed by atoms with Crippen molar-refractivity contribution in [3.05, 3.63) is 60.2 Å². The van der Waals surface area contributed by atoms with E-state index >= 15 is 0 Å². The highest BCUT2D eigenvalue weighted by atomic mass is 32.2. The number of hydrogen-bond acceptors (Lipinski definition) is 5. The Hall–Kier alpha value is -2.94. The molecule has 0 atom stereocenters. The van der Waals surface area contributed by atoms with Gasteiger partial charge in [0, 0.05) is 17.1 Å². The highest BCUT2D eigenvalue weighted by Gasteiger charge is 2.06.